The van der Waals surface area contributed by atoms with Gasteiger partial charge in [0.15, 0.2) is 0 Å². The predicted octanol–water partition coefficient (Wildman–Crippen LogP) is 1.96. The van der Waals surface area contributed by atoms with Gasteiger partial charge in [0.25, 0.3) is 0 Å². The lowest BCUT2D eigenvalue weighted by Gasteiger charge is -2.53. The molecule has 0 amide bonds. The minimum absolute atomic E-state index is 0.332. The minimum atomic E-state index is 0.332. The number of rotatable bonds is 2. The summed E-state index contributed by atoms with van der Waals surface area (Å²) in [6, 6.07) is 1.61. The highest BCUT2D eigenvalue weighted by atomic mass is 15.4. The molecule has 1 unspecified atom stereocenters. The van der Waals surface area contributed by atoms with Gasteiger partial charge in [-0.25, -0.2) is 0 Å². The Hall–Kier alpha value is -0.160. The van der Waals surface area contributed by atoms with Gasteiger partial charge in [-0.15, -0.1) is 0 Å². The maximum Gasteiger partial charge on any atom is 0.0351 e. The van der Waals surface area contributed by atoms with Crippen LogP contribution < -0.4 is 0 Å². The van der Waals surface area contributed by atoms with E-state index in [4.69, 9.17) is 0 Å². The Kier molecular flexibility index (Phi) is 4.83. The molecule has 0 N–H and O–H groups in total. The van der Waals surface area contributed by atoms with E-state index >= 15 is 0 Å². The highest BCUT2D eigenvalue weighted by Crippen LogP contribution is 2.27. The summed E-state index contributed by atoms with van der Waals surface area (Å²) >= 11 is 0. The molecule has 3 fully saturated rings. The zero-order valence-corrected chi connectivity index (χ0v) is 16.3. The van der Waals surface area contributed by atoms with Gasteiger partial charge in [0.05, 0.1) is 0 Å². The van der Waals surface area contributed by atoms with Gasteiger partial charge in [0.2, 0.25) is 0 Å². The maximum absolute atomic E-state index is 2.77. The molecule has 3 rings (SSSR count). The smallest absolute Gasteiger partial charge is 0.0351 e. The molecule has 0 bridgehead atoms. The van der Waals surface area contributed by atoms with Crippen molar-refractivity contribution < 1.29 is 0 Å². The molecule has 4 heteroatoms. The average molecular weight is 323 g/mol. The normalized spacial score (nSPS) is 30.8. The summed E-state index contributed by atoms with van der Waals surface area (Å²) < 4.78 is 0. The first kappa shape index (κ1) is 17.7. The van der Waals surface area contributed by atoms with Gasteiger partial charge in [-0.05, 0) is 48.0 Å². The van der Waals surface area contributed by atoms with E-state index in [1.54, 1.807) is 0 Å². The Morgan fingerprint density at radius 1 is 0.565 bits per heavy atom. The summed E-state index contributed by atoms with van der Waals surface area (Å²) in [7, 11) is 0. The molecule has 0 spiro atoms. The van der Waals surface area contributed by atoms with E-state index in [1.807, 2.05) is 0 Å². The molecule has 0 aromatic rings. The van der Waals surface area contributed by atoms with Crippen molar-refractivity contribution in [2.45, 2.75) is 71.1 Å². The van der Waals surface area contributed by atoms with Crippen molar-refractivity contribution >= 4 is 0 Å². The van der Waals surface area contributed by atoms with E-state index in [1.165, 1.54) is 58.8 Å². The first-order chi connectivity index (χ1) is 10.6. The number of hydrogen-bond acceptors (Lipinski definition) is 4. The molecule has 0 aromatic heterocycles. The third kappa shape index (κ3) is 3.92. The van der Waals surface area contributed by atoms with Gasteiger partial charge in [0.1, 0.15) is 0 Å². The molecule has 0 aromatic carbocycles. The van der Waals surface area contributed by atoms with E-state index in [0.717, 1.165) is 12.1 Å². The van der Waals surface area contributed by atoms with Crippen molar-refractivity contribution in [2.24, 2.45) is 0 Å². The van der Waals surface area contributed by atoms with Crippen LogP contribution in [-0.4, -0.2) is 95.1 Å². The SMILES string of the molecule is CC(C)(C)N1CCC(N2CCN(C3CN(C(C)(C)C)C3)CC2)C1. The van der Waals surface area contributed by atoms with Crippen LogP contribution in [0, 0.1) is 0 Å². The summed E-state index contributed by atoms with van der Waals surface area (Å²) in [6.45, 7) is 24.2. The topological polar surface area (TPSA) is 13.0 Å². The monoisotopic (exact) mass is 322 g/mol. The maximum atomic E-state index is 2.77. The lowest BCUT2D eigenvalue weighted by atomic mass is 9.96. The Morgan fingerprint density at radius 2 is 1.00 bits per heavy atom. The second-order valence-corrected chi connectivity index (χ2v) is 9.86. The van der Waals surface area contributed by atoms with E-state index < -0.39 is 0 Å². The Morgan fingerprint density at radius 3 is 1.43 bits per heavy atom. The first-order valence-electron chi connectivity index (χ1n) is 9.63. The molecule has 23 heavy (non-hydrogen) atoms. The lowest BCUT2D eigenvalue weighted by molar-refractivity contribution is -0.0417. The average Bonchev–Trinajstić information content (AvgIpc) is 2.85. The Bertz CT molecular complexity index is 395. The van der Waals surface area contributed by atoms with Gasteiger partial charge in [-0.3, -0.25) is 19.6 Å². The number of hydrogen-bond donors (Lipinski definition) is 0. The lowest BCUT2D eigenvalue weighted by Crippen LogP contribution is -2.67. The van der Waals surface area contributed by atoms with Crippen LogP contribution in [0.1, 0.15) is 48.0 Å². The van der Waals surface area contributed by atoms with Gasteiger partial charge in [0, 0.05) is 75.5 Å². The van der Waals surface area contributed by atoms with Crippen LogP contribution in [0.3, 0.4) is 0 Å². The van der Waals surface area contributed by atoms with Crippen LogP contribution >= 0.6 is 0 Å². The molecule has 4 nitrogen and oxygen atoms in total. The van der Waals surface area contributed by atoms with E-state index in [2.05, 4.69) is 61.1 Å². The van der Waals surface area contributed by atoms with E-state index in [9.17, 15) is 0 Å². The van der Waals surface area contributed by atoms with Gasteiger partial charge in [-0.1, -0.05) is 0 Å². The molecule has 3 saturated heterocycles. The molecule has 0 saturated carbocycles. The van der Waals surface area contributed by atoms with Crippen LogP contribution in [0.2, 0.25) is 0 Å². The fourth-order valence-electron chi connectivity index (χ4n) is 4.35. The van der Waals surface area contributed by atoms with Crippen LogP contribution in [0.4, 0.5) is 0 Å². The van der Waals surface area contributed by atoms with Gasteiger partial charge >= 0.3 is 0 Å². The Labute approximate surface area is 143 Å². The van der Waals surface area contributed by atoms with Crippen LogP contribution in [0.15, 0.2) is 0 Å². The van der Waals surface area contributed by atoms with Crippen molar-refractivity contribution in [1.29, 1.82) is 0 Å². The van der Waals surface area contributed by atoms with Crippen molar-refractivity contribution in [3.8, 4) is 0 Å². The first-order valence-corrected chi connectivity index (χ1v) is 9.63. The quantitative estimate of drug-likeness (QED) is 0.770. The number of nitrogens with zero attached hydrogens (tertiary/aromatic N) is 4. The molecular formula is C19H38N4. The molecule has 3 aliphatic rings. The van der Waals surface area contributed by atoms with Crippen LogP contribution in [0.25, 0.3) is 0 Å². The second kappa shape index (κ2) is 6.29. The molecular weight excluding hydrogens is 284 g/mol. The molecule has 1 atom stereocenters. The molecule has 3 aliphatic heterocycles. The highest BCUT2D eigenvalue weighted by Gasteiger charge is 2.40. The van der Waals surface area contributed by atoms with Crippen molar-refractivity contribution in [3.63, 3.8) is 0 Å². The summed E-state index contributed by atoms with van der Waals surface area (Å²) in [4.78, 5) is 10.8. The Balaban J connectivity index is 1.42. The number of piperazine rings is 1. The van der Waals surface area contributed by atoms with Crippen molar-refractivity contribution in [3.05, 3.63) is 0 Å². The minimum Gasteiger partial charge on any atom is -0.297 e. The molecule has 134 valence electrons. The van der Waals surface area contributed by atoms with Gasteiger partial charge in [-0.2, -0.15) is 0 Å². The third-order valence-electron chi connectivity index (χ3n) is 6.30. The fraction of sp³-hybridized carbons (Fsp3) is 1.00. The summed E-state index contributed by atoms with van der Waals surface area (Å²) in [6.07, 6.45) is 1.36. The zero-order valence-electron chi connectivity index (χ0n) is 16.3. The molecule has 3 heterocycles. The van der Waals surface area contributed by atoms with E-state index in [0.29, 0.717) is 11.1 Å². The fourth-order valence-corrected chi connectivity index (χ4v) is 4.35. The third-order valence-corrected chi connectivity index (χ3v) is 6.30. The predicted molar refractivity (Wildman–Crippen MR) is 98.0 cm³/mol. The highest BCUT2D eigenvalue weighted by molar-refractivity contribution is 4.97. The van der Waals surface area contributed by atoms with Crippen molar-refractivity contribution in [2.75, 3.05) is 52.4 Å². The largest absolute Gasteiger partial charge is 0.297 e. The summed E-state index contributed by atoms with van der Waals surface area (Å²) in [5, 5.41) is 0. The standard InChI is InChI=1S/C19H38N4/c1-18(2,3)22-8-7-16(13-22)20-9-11-21(12-10-20)17-14-23(15-17)19(4,5)6/h16-17H,7-15H2,1-6H3. The van der Waals surface area contributed by atoms with Crippen LogP contribution in [-0.2, 0) is 0 Å². The second-order valence-electron chi connectivity index (χ2n) is 9.86. The van der Waals surface area contributed by atoms with Crippen LogP contribution in [0.5, 0.6) is 0 Å². The van der Waals surface area contributed by atoms with Gasteiger partial charge < -0.3 is 0 Å². The molecule has 0 radical (unpaired) electrons. The summed E-state index contributed by atoms with van der Waals surface area (Å²) in [5.41, 5.74) is 0.678. The van der Waals surface area contributed by atoms with E-state index in [-0.39, 0.29) is 0 Å². The zero-order chi connectivity index (χ0) is 16.8. The number of likely N-dealkylation sites (tertiary alicyclic amines) is 2. The summed E-state index contributed by atoms with van der Waals surface area (Å²) in [5.74, 6) is 0. The van der Waals surface area contributed by atoms with Crippen molar-refractivity contribution in [1.82, 2.24) is 19.6 Å². The molecule has 0 aliphatic carbocycles.